The first-order valence-corrected chi connectivity index (χ1v) is 10.2. The molecule has 1 aromatic carbocycles. The van der Waals surface area contributed by atoms with Crippen molar-refractivity contribution in [2.45, 2.75) is 45.4 Å². The number of carbonyl (C=O) groups is 2. The lowest BCUT2D eigenvalue weighted by molar-refractivity contribution is -0.117. The monoisotopic (exact) mass is 371 g/mol. The summed E-state index contributed by atoms with van der Waals surface area (Å²) in [6, 6.07) is 9.72. The van der Waals surface area contributed by atoms with Gasteiger partial charge in [-0.05, 0) is 31.2 Å². The molecule has 0 spiro atoms. The largest absolute Gasteiger partial charge is 0.462 e. The molecule has 1 heterocycles. The lowest BCUT2D eigenvalue weighted by atomic mass is 9.87. The Morgan fingerprint density at radius 3 is 2.58 bits per heavy atom. The molecule has 1 aliphatic rings. The smallest absolute Gasteiger partial charge is 0.341 e. The number of amides is 1. The van der Waals surface area contributed by atoms with E-state index < -0.39 is 0 Å². The van der Waals surface area contributed by atoms with Crippen molar-refractivity contribution in [1.82, 2.24) is 0 Å². The zero-order valence-electron chi connectivity index (χ0n) is 15.1. The van der Waals surface area contributed by atoms with Gasteiger partial charge in [0.25, 0.3) is 0 Å². The summed E-state index contributed by atoms with van der Waals surface area (Å²) < 4.78 is 5.24. The standard InChI is InChI=1S/C21H25NO3S/c1-2-25-21(24)19-17(16-11-7-4-8-12-16)14-26-20(19)22-18(23)13-15-9-5-3-6-10-15/h4,7-8,11-12,14-15H,2-3,5-6,9-10,13H2,1H3,(H,22,23). The Kier molecular flexibility index (Phi) is 6.45. The third-order valence-electron chi connectivity index (χ3n) is 4.81. The van der Waals surface area contributed by atoms with E-state index in [1.807, 2.05) is 35.7 Å². The molecule has 0 bridgehead atoms. The Balaban J connectivity index is 1.80. The van der Waals surface area contributed by atoms with Gasteiger partial charge in [-0.25, -0.2) is 4.79 Å². The van der Waals surface area contributed by atoms with Gasteiger partial charge in [-0.2, -0.15) is 0 Å². The molecule has 0 saturated heterocycles. The van der Waals surface area contributed by atoms with Crippen LogP contribution in [0.4, 0.5) is 5.00 Å². The quantitative estimate of drug-likeness (QED) is 0.682. The highest BCUT2D eigenvalue weighted by Gasteiger charge is 2.24. The highest BCUT2D eigenvalue weighted by atomic mass is 32.1. The minimum atomic E-state index is -0.388. The first-order chi connectivity index (χ1) is 12.7. The first kappa shape index (κ1) is 18.6. The number of rotatable bonds is 6. The number of ether oxygens (including phenoxy) is 1. The Morgan fingerprint density at radius 2 is 1.88 bits per heavy atom. The van der Waals surface area contributed by atoms with Crippen molar-refractivity contribution in [2.75, 3.05) is 11.9 Å². The first-order valence-electron chi connectivity index (χ1n) is 9.33. The fourth-order valence-corrected chi connectivity index (χ4v) is 4.49. The molecule has 26 heavy (non-hydrogen) atoms. The van der Waals surface area contributed by atoms with Gasteiger partial charge in [0, 0.05) is 17.4 Å². The number of hydrogen-bond donors (Lipinski definition) is 1. The van der Waals surface area contributed by atoms with Crippen LogP contribution in [-0.4, -0.2) is 18.5 Å². The zero-order chi connectivity index (χ0) is 18.4. The molecular weight excluding hydrogens is 346 g/mol. The average molecular weight is 372 g/mol. The molecule has 1 N–H and O–H groups in total. The molecule has 4 nitrogen and oxygen atoms in total. The van der Waals surface area contributed by atoms with Gasteiger partial charge in [0.05, 0.1) is 6.61 Å². The van der Waals surface area contributed by atoms with E-state index in [0.717, 1.165) is 24.0 Å². The lowest BCUT2D eigenvalue weighted by Crippen LogP contribution is -2.19. The molecule has 1 amide bonds. The minimum absolute atomic E-state index is 0.0103. The van der Waals surface area contributed by atoms with Gasteiger partial charge < -0.3 is 10.1 Å². The summed E-state index contributed by atoms with van der Waals surface area (Å²) in [6.07, 6.45) is 6.47. The fourth-order valence-electron chi connectivity index (χ4n) is 3.52. The van der Waals surface area contributed by atoms with Crippen LogP contribution in [0.15, 0.2) is 35.7 Å². The predicted molar refractivity (Wildman–Crippen MR) is 106 cm³/mol. The van der Waals surface area contributed by atoms with E-state index in [2.05, 4.69) is 5.32 Å². The Hall–Kier alpha value is -2.14. The van der Waals surface area contributed by atoms with Crippen LogP contribution < -0.4 is 5.32 Å². The molecule has 1 saturated carbocycles. The van der Waals surface area contributed by atoms with Gasteiger partial charge in [-0.15, -0.1) is 11.3 Å². The van der Waals surface area contributed by atoms with Crippen molar-refractivity contribution < 1.29 is 14.3 Å². The van der Waals surface area contributed by atoms with Gasteiger partial charge >= 0.3 is 5.97 Å². The summed E-state index contributed by atoms with van der Waals surface area (Å²) >= 11 is 1.38. The number of hydrogen-bond acceptors (Lipinski definition) is 4. The molecule has 138 valence electrons. The molecule has 1 aliphatic carbocycles. The van der Waals surface area contributed by atoms with Crippen molar-refractivity contribution in [2.24, 2.45) is 5.92 Å². The summed E-state index contributed by atoms with van der Waals surface area (Å²) in [5.41, 5.74) is 2.21. The van der Waals surface area contributed by atoms with E-state index >= 15 is 0 Å². The molecule has 5 heteroatoms. The lowest BCUT2D eigenvalue weighted by Gasteiger charge is -2.20. The summed E-state index contributed by atoms with van der Waals surface area (Å²) in [7, 11) is 0. The molecule has 0 aliphatic heterocycles. The van der Waals surface area contributed by atoms with Crippen LogP contribution in [0.5, 0.6) is 0 Å². The van der Waals surface area contributed by atoms with Crippen molar-refractivity contribution in [3.8, 4) is 11.1 Å². The van der Waals surface area contributed by atoms with Crippen molar-refractivity contribution in [3.63, 3.8) is 0 Å². The van der Waals surface area contributed by atoms with Gasteiger partial charge in [0.1, 0.15) is 10.6 Å². The molecule has 1 aromatic heterocycles. The van der Waals surface area contributed by atoms with E-state index in [1.165, 1.54) is 30.6 Å². The number of esters is 1. The van der Waals surface area contributed by atoms with Crippen LogP contribution in [0.1, 0.15) is 55.8 Å². The molecule has 1 fully saturated rings. The molecule has 0 radical (unpaired) electrons. The highest BCUT2D eigenvalue weighted by Crippen LogP contribution is 2.36. The van der Waals surface area contributed by atoms with E-state index in [0.29, 0.717) is 29.5 Å². The van der Waals surface area contributed by atoms with Crippen LogP contribution in [-0.2, 0) is 9.53 Å². The van der Waals surface area contributed by atoms with Gasteiger partial charge in [0.15, 0.2) is 0 Å². The second kappa shape index (κ2) is 8.99. The molecule has 0 unspecified atom stereocenters. The summed E-state index contributed by atoms with van der Waals surface area (Å²) in [5.74, 6) is 0.0628. The Morgan fingerprint density at radius 1 is 1.15 bits per heavy atom. The SMILES string of the molecule is CCOC(=O)c1c(-c2ccccc2)csc1NC(=O)CC1CCCCC1. The average Bonchev–Trinajstić information content (AvgIpc) is 3.07. The van der Waals surface area contributed by atoms with Gasteiger partial charge in [0.2, 0.25) is 5.91 Å². The maximum atomic E-state index is 12.5. The van der Waals surface area contributed by atoms with Crippen molar-refractivity contribution in [1.29, 1.82) is 0 Å². The predicted octanol–water partition coefficient (Wildman–Crippen LogP) is 5.50. The topological polar surface area (TPSA) is 55.4 Å². The van der Waals surface area contributed by atoms with Crippen molar-refractivity contribution >= 4 is 28.2 Å². The number of thiophene rings is 1. The third kappa shape index (κ3) is 4.52. The maximum absolute atomic E-state index is 12.5. The normalized spacial score (nSPS) is 14.8. The minimum Gasteiger partial charge on any atom is -0.462 e. The molecular formula is C21H25NO3S. The molecule has 0 atom stereocenters. The number of carbonyl (C=O) groups excluding carboxylic acids is 2. The fraction of sp³-hybridized carbons (Fsp3) is 0.429. The van der Waals surface area contributed by atoms with Crippen LogP contribution in [0.3, 0.4) is 0 Å². The van der Waals surface area contributed by atoms with Crippen LogP contribution in [0.2, 0.25) is 0 Å². The molecule has 3 rings (SSSR count). The van der Waals surface area contributed by atoms with E-state index in [1.54, 1.807) is 6.92 Å². The Bertz CT molecular complexity index is 748. The van der Waals surface area contributed by atoms with Gasteiger partial charge in [-0.1, -0.05) is 49.6 Å². The second-order valence-corrected chi connectivity index (χ2v) is 7.58. The van der Waals surface area contributed by atoms with Crippen LogP contribution in [0.25, 0.3) is 11.1 Å². The van der Waals surface area contributed by atoms with Crippen LogP contribution in [0, 0.1) is 5.92 Å². The summed E-state index contributed by atoms with van der Waals surface area (Å²) in [5, 5.41) is 5.47. The highest BCUT2D eigenvalue weighted by molar-refractivity contribution is 7.15. The van der Waals surface area contributed by atoms with E-state index in [9.17, 15) is 9.59 Å². The zero-order valence-corrected chi connectivity index (χ0v) is 15.9. The second-order valence-electron chi connectivity index (χ2n) is 6.70. The van der Waals surface area contributed by atoms with E-state index in [-0.39, 0.29) is 11.9 Å². The summed E-state index contributed by atoms with van der Waals surface area (Å²) in [4.78, 5) is 25.0. The van der Waals surface area contributed by atoms with Crippen molar-refractivity contribution in [3.05, 3.63) is 41.3 Å². The summed E-state index contributed by atoms with van der Waals surface area (Å²) in [6.45, 7) is 2.09. The Labute approximate surface area is 158 Å². The van der Waals surface area contributed by atoms with E-state index in [4.69, 9.17) is 4.74 Å². The third-order valence-corrected chi connectivity index (χ3v) is 5.70. The number of nitrogens with one attached hydrogen (secondary N) is 1. The van der Waals surface area contributed by atoms with Crippen LogP contribution >= 0.6 is 11.3 Å². The number of anilines is 1. The van der Waals surface area contributed by atoms with Gasteiger partial charge in [-0.3, -0.25) is 4.79 Å². The molecule has 2 aromatic rings. The number of benzene rings is 1. The maximum Gasteiger partial charge on any atom is 0.341 e.